The molecule has 5 aromatic rings. The number of phenols is 1. The largest absolute Gasteiger partial charge is 0.508 e. The summed E-state index contributed by atoms with van der Waals surface area (Å²) in [7, 11) is 0. The Kier molecular flexibility index (Phi) is 4.47. The Morgan fingerprint density at radius 1 is 0.848 bits per heavy atom. The van der Waals surface area contributed by atoms with Gasteiger partial charge in [0.15, 0.2) is 0 Å². The number of hydrogen-bond acceptors (Lipinski definition) is 2. The van der Waals surface area contributed by atoms with E-state index in [-0.39, 0.29) is 11.3 Å². The molecule has 0 aliphatic heterocycles. The Balaban J connectivity index is 1.62. The molecule has 0 atom stereocenters. The van der Waals surface area contributed by atoms with Crippen LogP contribution in [0.25, 0.3) is 38.6 Å². The van der Waals surface area contributed by atoms with E-state index in [4.69, 9.17) is 0 Å². The van der Waals surface area contributed by atoms with E-state index in [2.05, 4.69) is 41.0 Å². The normalized spacial score (nSPS) is 13.9. The number of rotatable bonds is 4. The number of aromatic hydroxyl groups is 1. The van der Waals surface area contributed by atoms with Crippen molar-refractivity contribution in [2.45, 2.75) is 25.2 Å². The summed E-state index contributed by atoms with van der Waals surface area (Å²) >= 11 is 0. The molecule has 0 spiro atoms. The van der Waals surface area contributed by atoms with E-state index in [0.29, 0.717) is 5.92 Å². The van der Waals surface area contributed by atoms with E-state index < -0.39 is 5.97 Å². The number of carbonyl (C=O) groups is 1. The Bertz CT molecular complexity index is 1520. The molecule has 0 bridgehead atoms. The zero-order valence-electron chi connectivity index (χ0n) is 18.0. The highest BCUT2D eigenvalue weighted by Crippen LogP contribution is 2.40. The molecule has 6 rings (SSSR count). The minimum absolute atomic E-state index is 0.211. The second-order valence-electron chi connectivity index (χ2n) is 8.87. The number of fused-ring (bicyclic) bond motifs is 3. The topological polar surface area (TPSA) is 62.5 Å². The molecule has 1 aromatic heterocycles. The zero-order valence-corrected chi connectivity index (χ0v) is 18.0. The van der Waals surface area contributed by atoms with Crippen molar-refractivity contribution < 1.29 is 15.0 Å². The van der Waals surface area contributed by atoms with Crippen molar-refractivity contribution in [2.75, 3.05) is 0 Å². The molecule has 1 fully saturated rings. The fourth-order valence-electron chi connectivity index (χ4n) is 4.93. The van der Waals surface area contributed by atoms with E-state index in [1.165, 1.54) is 35.6 Å². The number of aromatic carboxylic acids is 1. The second kappa shape index (κ2) is 7.52. The van der Waals surface area contributed by atoms with E-state index >= 15 is 0 Å². The number of nitrogens with zero attached hydrogens (tertiary/aromatic N) is 1. The highest BCUT2D eigenvalue weighted by atomic mass is 16.4. The van der Waals surface area contributed by atoms with Crippen molar-refractivity contribution in [3.8, 4) is 22.7 Å². The van der Waals surface area contributed by atoms with E-state index in [9.17, 15) is 15.0 Å². The predicted octanol–water partition coefficient (Wildman–Crippen LogP) is 7.12. The van der Waals surface area contributed by atoms with Gasteiger partial charge in [0.1, 0.15) is 5.75 Å². The van der Waals surface area contributed by atoms with E-state index in [1.54, 1.807) is 30.3 Å². The van der Waals surface area contributed by atoms with Crippen LogP contribution >= 0.6 is 0 Å². The first-order chi connectivity index (χ1) is 16.1. The van der Waals surface area contributed by atoms with Crippen LogP contribution < -0.4 is 0 Å². The molecule has 1 aliphatic carbocycles. The lowest BCUT2D eigenvalue weighted by atomic mass is 9.79. The molecule has 4 heteroatoms. The maximum atomic E-state index is 11.6. The average Bonchev–Trinajstić information content (AvgIpc) is 3.18. The third-order valence-corrected chi connectivity index (χ3v) is 6.92. The van der Waals surface area contributed by atoms with Crippen LogP contribution in [0.15, 0.2) is 84.9 Å². The lowest BCUT2D eigenvalue weighted by Crippen LogP contribution is -2.08. The summed E-state index contributed by atoms with van der Waals surface area (Å²) in [6.07, 6.45) is 3.86. The van der Waals surface area contributed by atoms with Crippen LogP contribution in [-0.4, -0.2) is 20.7 Å². The molecule has 2 N–H and O–H groups in total. The number of hydrogen-bond donors (Lipinski definition) is 2. The Morgan fingerprint density at radius 2 is 1.67 bits per heavy atom. The number of carboxylic acids is 1. The summed E-state index contributed by atoms with van der Waals surface area (Å²) in [5.41, 5.74) is 5.37. The third-order valence-electron chi connectivity index (χ3n) is 6.92. The molecule has 4 nitrogen and oxygen atoms in total. The van der Waals surface area contributed by atoms with Gasteiger partial charge in [-0.25, -0.2) is 4.79 Å². The molecule has 162 valence electrons. The zero-order chi connectivity index (χ0) is 22.5. The van der Waals surface area contributed by atoms with Crippen molar-refractivity contribution in [3.05, 3.63) is 96.1 Å². The maximum absolute atomic E-state index is 11.6. The first kappa shape index (κ1) is 19.6. The van der Waals surface area contributed by atoms with Gasteiger partial charge in [-0.2, -0.15) is 0 Å². The maximum Gasteiger partial charge on any atom is 0.335 e. The van der Waals surface area contributed by atoms with Crippen molar-refractivity contribution in [1.29, 1.82) is 0 Å². The second-order valence-corrected chi connectivity index (χ2v) is 8.87. The van der Waals surface area contributed by atoms with Crippen LogP contribution in [-0.2, 0) is 0 Å². The van der Waals surface area contributed by atoms with Gasteiger partial charge in [-0.1, -0.05) is 36.8 Å². The standard InChI is InChI=1S/C29H23NO3/c31-24-11-7-19(8-12-24)28-17-26-25-13-9-20(18-3-1-4-18)15-21(25)10-14-27(26)30(28)23-6-2-5-22(16-23)29(32)33/h2,5-18,31H,1,3-4H2,(H,32,33). The van der Waals surface area contributed by atoms with Crippen molar-refractivity contribution >= 4 is 27.6 Å². The monoisotopic (exact) mass is 433 g/mol. The summed E-state index contributed by atoms with van der Waals surface area (Å²) in [5, 5.41) is 22.9. The minimum atomic E-state index is -0.950. The quantitative estimate of drug-likeness (QED) is 0.317. The highest BCUT2D eigenvalue weighted by molar-refractivity contribution is 6.09. The Morgan fingerprint density at radius 3 is 2.39 bits per heavy atom. The molecule has 4 aromatic carbocycles. The van der Waals surface area contributed by atoms with Crippen LogP contribution in [0.1, 0.15) is 41.1 Å². The third kappa shape index (κ3) is 3.26. The molecule has 1 aliphatic rings. The summed E-state index contributed by atoms with van der Waals surface area (Å²) in [5.74, 6) is -0.0576. The summed E-state index contributed by atoms with van der Waals surface area (Å²) in [6.45, 7) is 0. The number of aromatic nitrogens is 1. The summed E-state index contributed by atoms with van der Waals surface area (Å²) in [6, 6.07) is 27.4. The van der Waals surface area contributed by atoms with Crippen LogP contribution in [0, 0.1) is 0 Å². The number of benzene rings is 4. The van der Waals surface area contributed by atoms with E-state index in [1.807, 2.05) is 18.2 Å². The smallest absolute Gasteiger partial charge is 0.335 e. The predicted molar refractivity (Wildman–Crippen MR) is 131 cm³/mol. The highest BCUT2D eigenvalue weighted by Gasteiger charge is 2.20. The minimum Gasteiger partial charge on any atom is -0.508 e. The van der Waals surface area contributed by atoms with Crippen LogP contribution in [0.5, 0.6) is 5.75 Å². The molecular formula is C29H23NO3. The van der Waals surface area contributed by atoms with Gasteiger partial charge in [0.2, 0.25) is 0 Å². The number of carboxylic acid groups (broad SMARTS) is 1. The summed E-state index contributed by atoms with van der Waals surface area (Å²) in [4.78, 5) is 11.6. The first-order valence-corrected chi connectivity index (χ1v) is 11.3. The van der Waals surface area contributed by atoms with Crippen LogP contribution in [0.4, 0.5) is 0 Å². The lowest BCUT2D eigenvalue weighted by Gasteiger charge is -2.26. The molecule has 0 unspecified atom stereocenters. The van der Waals surface area contributed by atoms with Crippen molar-refractivity contribution in [2.24, 2.45) is 0 Å². The molecule has 33 heavy (non-hydrogen) atoms. The Labute approximate surface area is 191 Å². The number of phenolic OH excluding ortho intramolecular Hbond substituents is 1. The van der Waals surface area contributed by atoms with Gasteiger partial charge in [-0.15, -0.1) is 0 Å². The van der Waals surface area contributed by atoms with Crippen LogP contribution in [0.2, 0.25) is 0 Å². The average molecular weight is 434 g/mol. The molecule has 0 amide bonds. The molecule has 1 saturated carbocycles. The van der Waals surface area contributed by atoms with Gasteiger partial charge in [0, 0.05) is 11.1 Å². The van der Waals surface area contributed by atoms with Gasteiger partial charge in [-0.05, 0) is 95.3 Å². The molecule has 0 radical (unpaired) electrons. The molecule has 1 heterocycles. The van der Waals surface area contributed by atoms with Gasteiger partial charge in [0.05, 0.1) is 16.8 Å². The van der Waals surface area contributed by atoms with Crippen molar-refractivity contribution in [3.63, 3.8) is 0 Å². The van der Waals surface area contributed by atoms with Gasteiger partial charge < -0.3 is 14.8 Å². The Hall–Kier alpha value is -4.05. The fourth-order valence-corrected chi connectivity index (χ4v) is 4.93. The fraction of sp³-hybridized carbons (Fsp3) is 0.138. The van der Waals surface area contributed by atoms with Crippen molar-refractivity contribution in [1.82, 2.24) is 4.57 Å². The lowest BCUT2D eigenvalue weighted by molar-refractivity contribution is 0.0697. The molecule has 0 saturated heterocycles. The summed E-state index contributed by atoms with van der Waals surface area (Å²) < 4.78 is 2.10. The van der Waals surface area contributed by atoms with Crippen LogP contribution in [0.3, 0.4) is 0 Å². The van der Waals surface area contributed by atoms with Gasteiger partial charge in [-0.3, -0.25) is 0 Å². The van der Waals surface area contributed by atoms with Gasteiger partial charge >= 0.3 is 5.97 Å². The molecular weight excluding hydrogens is 410 g/mol. The van der Waals surface area contributed by atoms with E-state index in [0.717, 1.165) is 27.8 Å². The SMILES string of the molecule is O=C(O)c1cccc(-n2c(-c3ccc(O)cc3)cc3c4ccc(C5CCC5)cc4ccc32)c1. The van der Waals surface area contributed by atoms with Gasteiger partial charge in [0.25, 0.3) is 0 Å². The first-order valence-electron chi connectivity index (χ1n) is 11.3.